The van der Waals surface area contributed by atoms with E-state index in [9.17, 15) is 39.0 Å². The van der Waals surface area contributed by atoms with Crippen molar-refractivity contribution < 1.29 is 58.0 Å². The number of aryl methyl sites for hydroxylation is 2. The van der Waals surface area contributed by atoms with Crippen molar-refractivity contribution in [2.45, 2.75) is 206 Å². The molecular formula is C73H114N12O12. The normalized spacial score (nSPS) is 31.6. The quantitative estimate of drug-likeness (QED) is 0.0618. The summed E-state index contributed by atoms with van der Waals surface area (Å²) in [6.07, 6.45) is 22.4. The van der Waals surface area contributed by atoms with Crippen LogP contribution in [-0.4, -0.2) is 218 Å². The number of fused-ring (bicyclic) bond motifs is 10. The second kappa shape index (κ2) is 29.6. The number of nitrogens with two attached hydrogens (primary N) is 1. The van der Waals surface area contributed by atoms with Gasteiger partial charge in [-0.05, 0) is 195 Å². The second-order valence-corrected chi connectivity index (χ2v) is 32.1. The number of methoxy groups -OCH3 is 3. The van der Waals surface area contributed by atoms with Crippen LogP contribution in [0.25, 0.3) is 0 Å². The fourth-order valence-corrected chi connectivity index (χ4v) is 20.1. The number of ketones is 4. The van der Waals surface area contributed by atoms with Crippen molar-refractivity contribution in [1.29, 1.82) is 0 Å². The van der Waals surface area contributed by atoms with E-state index in [1.54, 1.807) is 49.1 Å². The molecule has 0 radical (unpaired) electrons. The van der Waals surface area contributed by atoms with E-state index in [-0.39, 0.29) is 118 Å². The van der Waals surface area contributed by atoms with E-state index in [0.29, 0.717) is 105 Å². The van der Waals surface area contributed by atoms with Gasteiger partial charge in [-0.25, -0.2) is 0 Å². The van der Waals surface area contributed by atoms with Crippen LogP contribution in [0.1, 0.15) is 182 Å². The first kappa shape index (κ1) is 74.2. The lowest BCUT2D eigenvalue weighted by molar-refractivity contribution is -0.145. The number of carbonyl (C=O) groups is 7. The Morgan fingerprint density at radius 2 is 1.01 bits per heavy atom. The van der Waals surface area contributed by atoms with Crippen LogP contribution in [0.4, 0.5) is 0 Å². The first-order valence-corrected chi connectivity index (χ1v) is 36.3. The van der Waals surface area contributed by atoms with E-state index in [1.165, 1.54) is 35.2 Å². The zero-order chi connectivity index (χ0) is 70.1. The van der Waals surface area contributed by atoms with E-state index < -0.39 is 45.4 Å². The van der Waals surface area contributed by atoms with Gasteiger partial charge >= 0.3 is 0 Å². The Labute approximate surface area is 574 Å². The summed E-state index contributed by atoms with van der Waals surface area (Å²) in [5, 5.41) is 47.2. The molecule has 0 aromatic carbocycles. The van der Waals surface area contributed by atoms with Gasteiger partial charge in [0.15, 0.2) is 23.1 Å². The summed E-state index contributed by atoms with van der Waals surface area (Å²) in [6, 6.07) is 0. The standard InChI is InChI=1S/C73H114N12O12/c1-66(2,61(88)42-75-30-12-32-84-43-59(76-78-84)72(93)28-22-57-53-16-14-49-40-51(86)18-24-68(49,5)55(53)20-26-70(57,72)7)83(36-39-97-11)45-62(89)67(3,4)82(48-65(92)81(35-38-96-10)47-64(91)80(34-37-95-9)46-63(74)90)31-13-33-85-44-60(77-79-85)73(94)29-23-58-54-17-15-50-41-52(87)19-25-69(50,6)56(54)21-27-71(58,73)8/h40-41,43-44,53-58,75,93-94H,12-39,42,45-48H2,1-11H3,(H2,74,90). The van der Waals surface area contributed by atoms with Crippen molar-refractivity contribution in [2.75, 3.05) is 107 Å². The van der Waals surface area contributed by atoms with Gasteiger partial charge in [0.25, 0.3) is 0 Å². The summed E-state index contributed by atoms with van der Waals surface area (Å²) in [5.41, 5.74) is 3.88. The Morgan fingerprint density at radius 1 is 0.567 bits per heavy atom. The lowest BCUT2D eigenvalue weighted by Crippen LogP contribution is -2.61. The Kier molecular flexibility index (Phi) is 22.7. The van der Waals surface area contributed by atoms with Crippen LogP contribution in [0.5, 0.6) is 0 Å². The van der Waals surface area contributed by atoms with Crippen LogP contribution < -0.4 is 11.1 Å². The van der Waals surface area contributed by atoms with E-state index in [4.69, 9.17) is 19.9 Å². The Morgan fingerprint density at radius 3 is 1.51 bits per heavy atom. The fraction of sp³-hybridized carbons (Fsp3) is 0.795. The molecule has 0 spiro atoms. The molecule has 5 N–H and O–H groups in total. The predicted octanol–water partition coefficient (Wildman–Crippen LogP) is 5.76. The maximum Gasteiger partial charge on any atom is 0.242 e. The Bertz CT molecular complexity index is 3290. The highest BCUT2D eigenvalue weighted by molar-refractivity contribution is 5.94. The molecule has 24 nitrogen and oxygen atoms in total. The zero-order valence-electron chi connectivity index (χ0n) is 60.1. The van der Waals surface area contributed by atoms with Crippen molar-refractivity contribution in [3.63, 3.8) is 0 Å². The summed E-state index contributed by atoms with van der Waals surface area (Å²) < 4.78 is 19.7. The van der Waals surface area contributed by atoms with Crippen molar-refractivity contribution in [2.24, 2.45) is 62.9 Å². The van der Waals surface area contributed by atoms with Crippen molar-refractivity contribution >= 4 is 40.9 Å². The number of allylic oxidation sites excluding steroid dienone is 2. The van der Waals surface area contributed by atoms with Gasteiger partial charge in [0.2, 0.25) is 17.7 Å². The number of nitrogens with zero attached hydrogens (tertiary/aromatic N) is 10. The highest BCUT2D eigenvalue weighted by atomic mass is 16.5. The Balaban J connectivity index is 0.784. The van der Waals surface area contributed by atoms with Gasteiger partial charge in [0.1, 0.15) is 22.6 Å². The predicted molar refractivity (Wildman–Crippen MR) is 363 cm³/mol. The maximum atomic E-state index is 15.2. The summed E-state index contributed by atoms with van der Waals surface area (Å²) in [5.74, 6) is 0.964. The van der Waals surface area contributed by atoms with Crippen LogP contribution >= 0.6 is 0 Å². The zero-order valence-corrected chi connectivity index (χ0v) is 60.1. The summed E-state index contributed by atoms with van der Waals surface area (Å²) in [6.45, 7) is 17.6. The number of rotatable bonds is 33. The minimum atomic E-state index is -1.33. The molecule has 97 heavy (non-hydrogen) atoms. The van der Waals surface area contributed by atoms with Crippen LogP contribution in [0, 0.1) is 57.2 Å². The van der Waals surface area contributed by atoms with Crippen molar-refractivity contribution in [3.05, 3.63) is 47.1 Å². The minimum absolute atomic E-state index is 0.00721. The summed E-state index contributed by atoms with van der Waals surface area (Å²) in [4.78, 5) is 102. The van der Waals surface area contributed by atoms with Gasteiger partial charge < -0.3 is 45.3 Å². The number of hydrogen-bond donors (Lipinski definition) is 4. The largest absolute Gasteiger partial charge is 0.383 e. The van der Waals surface area contributed by atoms with Gasteiger partial charge in [0.05, 0.1) is 76.0 Å². The average molecular weight is 1350 g/mol. The van der Waals surface area contributed by atoms with E-state index in [2.05, 4.69) is 53.6 Å². The molecule has 2 aromatic rings. The minimum Gasteiger partial charge on any atom is -0.383 e. The number of nitrogens with one attached hydrogen (secondary N) is 1. The van der Waals surface area contributed by atoms with Crippen LogP contribution in [0.2, 0.25) is 0 Å². The molecule has 12 atom stereocenters. The number of carbonyl (C=O) groups excluding carboxylic acids is 7. The molecule has 2 heterocycles. The molecule has 6 fully saturated rings. The molecule has 10 rings (SSSR count). The van der Waals surface area contributed by atoms with Crippen LogP contribution in [-0.2, 0) is 72.1 Å². The number of aliphatic hydroxyl groups is 2. The lowest BCUT2D eigenvalue weighted by atomic mass is 9.46. The lowest BCUT2D eigenvalue weighted by Gasteiger charge is -2.59. The van der Waals surface area contributed by atoms with Gasteiger partial charge in [-0.3, -0.25) is 52.7 Å². The molecule has 2 aromatic heterocycles. The third kappa shape index (κ3) is 14.3. The number of amides is 3. The molecule has 6 saturated carbocycles. The molecule has 3 amide bonds. The monoisotopic (exact) mass is 1350 g/mol. The van der Waals surface area contributed by atoms with Crippen LogP contribution in [0.15, 0.2) is 35.7 Å². The first-order chi connectivity index (χ1) is 45.9. The number of aromatic nitrogens is 6. The van der Waals surface area contributed by atoms with Gasteiger partial charge in [-0.15, -0.1) is 10.2 Å². The number of Topliss-reactive ketones (excluding diaryl/α,β-unsaturated/α-hetero) is 2. The smallest absolute Gasteiger partial charge is 0.242 e. The maximum absolute atomic E-state index is 15.2. The number of primary amides is 1. The van der Waals surface area contributed by atoms with E-state index in [0.717, 1.165) is 77.0 Å². The molecule has 12 unspecified atom stereocenters. The van der Waals surface area contributed by atoms with Gasteiger partial charge in [-0.1, -0.05) is 49.3 Å². The molecule has 0 aliphatic heterocycles. The Hall–Kier alpha value is -5.47. The first-order valence-electron chi connectivity index (χ1n) is 36.3. The van der Waals surface area contributed by atoms with E-state index in [1.807, 2.05) is 29.4 Å². The second-order valence-electron chi connectivity index (χ2n) is 32.1. The number of ether oxygens (including phenoxy) is 3. The van der Waals surface area contributed by atoms with Gasteiger partial charge in [-0.2, -0.15) is 0 Å². The summed E-state index contributed by atoms with van der Waals surface area (Å²) >= 11 is 0. The topological polar surface area (TPSA) is 300 Å². The molecule has 538 valence electrons. The van der Waals surface area contributed by atoms with Crippen molar-refractivity contribution in [1.82, 2.24) is 54.9 Å². The van der Waals surface area contributed by atoms with E-state index >= 15 is 4.79 Å². The van der Waals surface area contributed by atoms with Gasteiger partial charge in [0, 0.05) is 84.3 Å². The SMILES string of the molecule is COCCN(CC(N)=O)C(=O)CN(CCOC)C(=O)CN(CCCn1cc(C2(O)CCC3C4CCC5=CC(=O)CCC5(C)C4CCC32C)nn1)C(C)(C)C(=O)CN(CCOC)C(C)(C)C(=O)CNCCCn1cc(C2(O)CCC3C4CCC5=CC(=O)CCC5(C)C4CCC32C)nn1. The number of hydrogen-bond acceptors (Lipinski definition) is 19. The fourth-order valence-electron chi connectivity index (χ4n) is 20.1. The molecule has 0 bridgehead atoms. The molecular weight excluding hydrogens is 1240 g/mol. The molecule has 8 aliphatic carbocycles. The van der Waals surface area contributed by atoms with Crippen LogP contribution in [0.3, 0.4) is 0 Å². The third-order valence-electron chi connectivity index (χ3n) is 26.7. The average Bonchev–Trinajstić information content (AvgIpc) is 1.50. The summed E-state index contributed by atoms with van der Waals surface area (Å²) in [7, 11) is 4.54. The molecule has 8 aliphatic rings. The molecule has 24 heteroatoms. The highest BCUT2D eigenvalue weighted by Gasteiger charge is 2.67. The third-order valence-corrected chi connectivity index (χ3v) is 26.7. The highest BCUT2D eigenvalue weighted by Crippen LogP contribution is 2.71. The molecule has 0 saturated heterocycles. The van der Waals surface area contributed by atoms with Crippen molar-refractivity contribution in [3.8, 4) is 0 Å².